The molecule has 1 atom stereocenters. The minimum absolute atomic E-state index is 0.347. The third-order valence-corrected chi connectivity index (χ3v) is 3.22. The normalized spacial score (nSPS) is 18.4. The summed E-state index contributed by atoms with van der Waals surface area (Å²) >= 11 is 0. The van der Waals surface area contributed by atoms with Crippen molar-refractivity contribution in [2.45, 2.75) is 58.2 Å². The van der Waals surface area contributed by atoms with Gasteiger partial charge in [-0.3, -0.25) is 0 Å². The molecule has 0 bridgehead atoms. The van der Waals surface area contributed by atoms with Gasteiger partial charge in [0, 0.05) is 18.6 Å². The van der Waals surface area contributed by atoms with Gasteiger partial charge >= 0.3 is 0 Å². The van der Waals surface area contributed by atoms with Crippen molar-refractivity contribution in [2.75, 3.05) is 26.7 Å². The van der Waals surface area contributed by atoms with Crippen LogP contribution in [-0.4, -0.2) is 49.8 Å². The fourth-order valence-corrected chi connectivity index (χ4v) is 1.66. The molecule has 1 aliphatic rings. The Labute approximate surface area is 101 Å². The highest BCUT2D eigenvalue weighted by molar-refractivity contribution is 4.81. The van der Waals surface area contributed by atoms with Gasteiger partial charge in [0.05, 0.1) is 12.7 Å². The van der Waals surface area contributed by atoms with E-state index in [9.17, 15) is 0 Å². The van der Waals surface area contributed by atoms with Gasteiger partial charge in [0.25, 0.3) is 0 Å². The van der Waals surface area contributed by atoms with Gasteiger partial charge < -0.3 is 15.0 Å². The van der Waals surface area contributed by atoms with E-state index in [2.05, 4.69) is 38.0 Å². The number of nitrogens with one attached hydrogen (secondary N) is 1. The van der Waals surface area contributed by atoms with Crippen LogP contribution in [0, 0.1) is 0 Å². The van der Waals surface area contributed by atoms with Crippen molar-refractivity contribution in [1.29, 1.82) is 0 Å². The van der Waals surface area contributed by atoms with Crippen LogP contribution in [0.3, 0.4) is 0 Å². The van der Waals surface area contributed by atoms with Crippen LogP contribution in [0.1, 0.15) is 40.0 Å². The van der Waals surface area contributed by atoms with Crippen LogP contribution in [0.4, 0.5) is 0 Å². The highest BCUT2D eigenvalue weighted by Crippen LogP contribution is 2.18. The summed E-state index contributed by atoms with van der Waals surface area (Å²) in [5.41, 5.74) is 0. The summed E-state index contributed by atoms with van der Waals surface area (Å²) in [7, 11) is 2.19. The smallest absolute Gasteiger partial charge is 0.0596 e. The first kappa shape index (κ1) is 13.9. The summed E-state index contributed by atoms with van der Waals surface area (Å²) in [6, 6.07) is 1.48. The molecule has 0 heterocycles. The maximum atomic E-state index is 5.56. The fraction of sp³-hybridized carbons (Fsp3) is 1.00. The van der Waals surface area contributed by atoms with E-state index in [-0.39, 0.29) is 0 Å². The second kappa shape index (κ2) is 7.25. The fourth-order valence-electron chi connectivity index (χ4n) is 1.66. The summed E-state index contributed by atoms with van der Waals surface area (Å²) in [4.78, 5) is 2.39. The second-order valence-electron chi connectivity index (χ2n) is 5.27. The predicted octanol–water partition coefficient (Wildman–Crippen LogP) is 1.87. The molecular weight excluding hydrogens is 200 g/mol. The Bertz CT molecular complexity index is 169. The Morgan fingerprint density at radius 3 is 2.56 bits per heavy atom. The molecule has 96 valence electrons. The van der Waals surface area contributed by atoms with Crippen LogP contribution in [-0.2, 0) is 4.74 Å². The average Bonchev–Trinajstić information content (AvgIpc) is 3.00. The predicted molar refractivity (Wildman–Crippen MR) is 68.8 cm³/mol. The van der Waals surface area contributed by atoms with Crippen LogP contribution >= 0.6 is 0 Å². The zero-order valence-corrected chi connectivity index (χ0v) is 11.3. The van der Waals surface area contributed by atoms with E-state index in [1.807, 2.05) is 0 Å². The highest BCUT2D eigenvalue weighted by atomic mass is 16.5. The van der Waals surface area contributed by atoms with Gasteiger partial charge in [-0.1, -0.05) is 0 Å². The van der Waals surface area contributed by atoms with Gasteiger partial charge in [-0.25, -0.2) is 0 Å². The Morgan fingerprint density at radius 1 is 1.31 bits per heavy atom. The zero-order valence-electron chi connectivity index (χ0n) is 11.3. The lowest BCUT2D eigenvalue weighted by Crippen LogP contribution is -2.35. The molecule has 0 amide bonds. The zero-order chi connectivity index (χ0) is 12.0. The Hall–Kier alpha value is -0.120. The summed E-state index contributed by atoms with van der Waals surface area (Å²) in [5, 5.41) is 3.56. The Kier molecular flexibility index (Phi) is 6.32. The molecule has 1 unspecified atom stereocenters. The molecule has 1 saturated carbocycles. The number of ether oxygens (including phenoxy) is 1. The third kappa shape index (κ3) is 6.46. The molecular formula is C13H28N2O. The summed E-state index contributed by atoms with van der Waals surface area (Å²) in [6.07, 6.45) is 4.34. The SMILES string of the molecule is CC(C)OCCN(C)C(C)CCNC1CC1. The van der Waals surface area contributed by atoms with Crippen molar-refractivity contribution in [3.05, 3.63) is 0 Å². The number of hydrogen-bond donors (Lipinski definition) is 1. The van der Waals surface area contributed by atoms with Gasteiger partial charge in [-0.15, -0.1) is 0 Å². The van der Waals surface area contributed by atoms with Crippen LogP contribution in [0.25, 0.3) is 0 Å². The molecule has 0 saturated heterocycles. The summed E-state index contributed by atoms with van der Waals surface area (Å²) < 4.78 is 5.56. The molecule has 1 rings (SSSR count). The third-order valence-electron chi connectivity index (χ3n) is 3.22. The van der Waals surface area contributed by atoms with E-state index in [1.54, 1.807) is 0 Å². The van der Waals surface area contributed by atoms with Crippen molar-refractivity contribution in [3.63, 3.8) is 0 Å². The summed E-state index contributed by atoms with van der Waals surface area (Å²) in [6.45, 7) is 9.49. The maximum Gasteiger partial charge on any atom is 0.0596 e. The van der Waals surface area contributed by atoms with Crippen LogP contribution < -0.4 is 5.32 Å². The minimum atomic E-state index is 0.347. The molecule has 0 aromatic carbocycles. The summed E-state index contributed by atoms with van der Waals surface area (Å²) in [5.74, 6) is 0. The Balaban J connectivity index is 1.97. The van der Waals surface area contributed by atoms with Gasteiger partial charge in [0.15, 0.2) is 0 Å². The Morgan fingerprint density at radius 2 is 2.00 bits per heavy atom. The van der Waals surface area contributed by atoms with E-state index in [4.69, 9.17) is 4.74 Å². The van der Waals surface area contributed by atoms with Crippen LogP contribution in [0.2, 0.25) is 0 Å². The van der Waals surface area contributed by atoms with Gasteiger partial charge in [-0.05, 0) is 53.6 Å². The lowest BCUT2D eigenvalue weighted by molar-refractivity contribution is 0.0566. The first-order chi connectivity index (χ1) is 7.59. The lowest BCUT2D eigenvalue weighted by Gasteiger charge is -2.25. The van der Waals surface area contributed by atoms with Crippen molar-refractivity contribution < 1.29 is 4.74 Å². The molecule has 3 heteroatoms. The average molecular weight is 228 g/mol. The van der Waals surface area contributed by atoms with Gasteiger partial charge in [0.1, 0.15) is 0 Å². The van der Waals surface area contributed by atoms with Crippen molar-refractivity contribution in [2.24, 2.45) is 0 Å². The monoisotopic (exact) mass is 228 g/mol. The van der Waals surface area contributed by atoms with Crippen LogP contribution in [0.15, 0.2) is 0 Å². The first-order valence-electron chi connectivity index (χ1n) is 6.65. The minimum Gasteiger partial charge on any atom is -0.377 e. The standard InChI is InChI=1S/C13H28N2O/c1-11(2)16-10-9-15(4)12(3)7-8-14-13-5-6-13/h11-14H,5-10H2,1-4H3. The van der Waals surface area contributed by atoms with Crippen molar-refractivity contribution in [1.82, 2.24) is 10.2 Å². The molecule has 0 aromatic rings. The molecule has 0 aliphatic heterocycles. The molecule has 0 aromatic heterocycles. The molecule has 0 radical (unpaired) electrons. The number of hydrogen-bond acceptors (Lipinski definition) is 3. The van der Waals surface area contributed by atoms with E-state index in [0.29, 0.717) is 12.1 Å². The van der Waals surface area contributed by atoms with E-state index >= 15 is 0 Å². The molecule has 3 nitrogen and oxygen atoms in total. The van der Waals surface area contributed by atoms with Gasteiger partial charge in [0.2, 0.25) is 0 Å². The second-order valence-corrected chi connectivity index (χ2v) is 5.27. The van der Waals surface area contributed by atoms with Crippen molar-refractivity contribution in [3.8, 4) is 0 Å². The van der Waals surface area contributed by atoms with E-state index < -0.39 is 0 Å². The largest absolute Gasteiger partial charge is 0.377 e. The topological polar surface area (TPSA) is 24.5 Å². The van der Waals surface area contributed by atoms with E-state index in [1.165, 1.54) is 19.3 Å². The highest BCUT2D eigenvalue weighted by Gasteiger charge is 2.20. The number of nitrogens with zero attached hydrogens (tertiary/aromatic N) is 1. The van der Waals surface area contributed by atoms with Gasteiger partial charge in [-0.2, -0.15) is 0 Å². The molecule has 1 aliphatic carbocycles. The lowest BCUT2D eigenvalue weighted by atomic mass is 10.2. The van der Waals surface area contributed by atoms with Crippen molar-refractivity contribution >= 4 is 0 Å². The molecule has 1 N–H and O–H groups in total. The number of rotatable bonds is 9. The first-order valence-corrected chi connectivity index (χ1v) is 6.65. The van der Waals surface area contributed by atoms with E-state index in [0.717, 1.165) is 25.7 Å². The molecule has 16 heavy (non-hydrogen) atoms. The maximum absolute atomic E-state index is 5.56. The number of likely N-dealkylation sites (N-methyl/N-ethyl adjacent to an activating group) is 1. The molecule has 0 spiro atoms. The van der Waals surface area contributed by atoms with Crippen LogP contribution in [0.5, 0.6) is 0 Å². The molecule has 1 fully saturated rings. The quantitative estimate of drug-likeness (QED) is 0.652.